The molecule has 0 aliphatic carbocycles. The summed E-state index contributed by atoms with van der Waals surface area (Å²) in [6.45, 7) is 0.154. The second kappa shape index (κ2) is 4.03. The van der Waals surface area contributed by atoms with Crippen LogP contribution < -0.4 is 11.1 Å². The number of aromatic nitrogens is 1. The summed E-state index contributed by atoms with van der Waals surface area (Å²) >= 11 is 1.21. The number of nitrogens with one attached hydrogen (secondary N) is 1. The van der Waals surface area contributed by atoms with Crippen molar-refractivity contribution in [2.24, 2.45) is 0 Å². The van der Waals surface area contributed by atoms with Gasteiger partial charge in [0.25, 0.3) is 5.91 Å². The van der Waals surface area contributed by atoms with Crippen LogP contribution in [0.15, 0.2) is 5.38 Å². The van der Waals surface area contributed by atoms with E-state index in [1.165, 1.54) is 11.3 Å². The highest BCUT2D eigenvalue weighted by Gasteiger charge is 2.07. The molecule has 0 unspecified atom stereocenters. The number of hydrogen-bond donors (Lipinski definition) is 3. The molecule has 6 heteroatoms. The van der Waals surface area contributed by atoms with Crippen molar-refractivity contribution in [2.45, 2.75) is 0 Å². The van der Waals surface area contributed by atoms with Crippen molar-refractivity contribution >= 4 is 22.4 Å². The third-order valence-electron chi connectivity index (χ3n) is 1.15. The maximum atomic E-state index is 11.1. The van der Waals surface area contributed by atoms with Crippen molar-refractivity contribution in [3.63, 3.8) is 0 Å². The average Bonchev–Trinajstić information content (AvgIpc) is 2.47. The van der Waals surface area contributed by atoms with E-state index in [9.17, 15) is 4.79 Å². The number of amides is 1. The van der Waals surface area contributed by atoms with Crippen LogP contribution in [0.25, 0.3) is 0 Å². The Morgan fingerprint density at radius 2 is 2.58 bits per heavy atom. The molecule has 0 spiro atoms. The molecule has 0 atom stereocenters. The van der Waals surface area contributed by atoms with Gasteiger partial charge in [-0.2, -0.15) is 0 Å². The Morgan fingerprint density at radius 1 is 1.83 bits per heavy atom. The zero-order valence-electron chi connectivity index (χ0n) is 6.28. The number of aliphatic hydroxyl groups is 1. The number of aliphatic hydroxyl groups excluding tert-OH is 1. The van der Waals surface area contributed by atoms with E-state index in [-0.39, 0.29) is 19.1 Å². The van der Waals surface area contributed by atoms with Gasteiger partial charge in [-0.1, -0.05) is 0 Å². The third kappa shape index (κ3) is 2.18. The largest absolute Gasteiger partial charge is 0.395 e. The number of rotatable bonds is 3. The molecular weight excluding hydrogens is 178 g/mol. The number of carbonyl (C=O) groups is 1. The molecule has 1 rings (SSSR count). The van der Waals surface area contributed by atoms with Crippen molar-refractivity contribution in [1.82, 2.24) is 10.3 Å². The Bertz CT molecular complexity index is 274. The molecule has 0 aromatic carbocycles. The molecule has 0 aliphatic heterocycles. The van der Waals surface area contributed by atoms with Gasteiger partial charge in [-0.15, -0.1) is 11.3 Å². The lowest BCUT2D eigenvalue weighted by Gasteiger charge is -1.97. The molecule has 4 N–H and O–H groups in total. The first-order valence-corrected chi connectivity index (χ1v) is 4.22. The van der Waals surface area contributed by atoms with Gasteiger partial charge in [-0.3, -0.25) is 4.79 Å². The molecule has 0 radical (unpaired) electrons. The highest BCUT2D eigenvalue weighted by atomic mass is 32.1. The van der Waals surface area contributed by atoms with Gasteiger partial charge in [0.15, 0.2) is 5.13 Å². The first kappa shape index (κ1) is 8.95. The second-order valence-corrected chi connectivity index (χ2v) is 2.94. The van der Waals surface area contributed by atoms with Crippen LogP contribution >= 0.6 is 11.3 Å². The molecule has 1 heterocycles. The number of anilines is 1. The second-order valence-electron chi connectivity index (χ2n) is 2.05. The fourth-order valence-electron chi connectivity index (χ4n) is 0.652. The SMILES string of the molecule is Nc1nc(C(=O)NCCO)cs1. The molecule has 1 aromatic rings. The van der Waals surface area contributed by atoms with E-state index in [2.05, 4.69) is 10.3 Å². The molecule has 0 fully saturated rings. The minimum absolute atomic E-state index is 0.0780. The van der Waals surface area contributed by atoms with Crippen LogP contribution in [-0.2, 0) is 0 Å². The monoisotopic (exact) mass is 187 g/mol. The Labute approximate surface area is 73.2 Å². The lowest BCUT2D eigenvalue weighted by atomic mass is 10.4. The zero-order chi connectivity index (χ0) is 8.97. The van der Waals surface area contributed by atoms with E-state index < -0.39 is 0 Å². The number of nitrogens with zero attached hydrogens (tertiary/aromatic N) is 1. The van der Waals surface area contributed by atoms with Crippen LogP contribution in [0, 0.1) is 0 Å². The van der Waals surface area contributed by atoms with E-state index in [1.54, 1.807) is 5.38 Å². The van der Waals surface area contributed by atoms with Crippen LogP contribution in [0.3, 0.4) is 0 Å². The first-order valence-electron chi connectivity index (χ1n) is 3.34. The summed E-state index contributed by atoms with van der Waals surface area (Å²) in [5.41, 5.74) is 5.62. The zero-order valence-corrected chi connectivity index (χ0v) is 7.10. The number of thiazole rings is 1. The molecule has 0 aliphatic rings. The quantitative estimate of drug-likeness (QED) is 0.592. The Hall–Kier alpha value is -1.14. The molecule has 12 heavy (non-hydrogen) atoms. The third-order valence-corrected chi connectivity index (χ3v) is 1.83. The van der Waals surface area contributed by atoms with Crippen LogP contribution in [-0.4, -0.2) is 29.1 Å². The van der Waals surface area contributed by atoms with Crippen molar-refractivity contribution in [1.29, 1.82) is 0 Å². The van der Waals surface area contributed by atoms with Gasteiger partial charge in [0.1, 0.15) is 5.69 Å². The molecular formula is C6H9N3O2S. The van der Waals surface area contributed by atoms with Crippen molar-refractivity contribution < 1.29 is 9.90 Å². The van der Waals surface area contributed by atoms with E-state index in [0.717, 1.165) is 0 Å². The summed E-state index contributed by atoms with van der Waals surface area (Å²) in [5.74, 6) is -0.308. The number of carbonyl (C=O) groups excluding carboxylic acids is 1. The molecule has 5 nitrogen and oxygen atoms in total. The van der Waals surface area contributed by atoms with E-state index in [4.69, 9.17) is 10.8 Å². The summed E-state index contributed by atoms with van der Waals surface area (Å²) in [5, 5.41) is 12.8. The summed E-state index contributed by atoms with van der Waals surface area (Å²) in [4.78, 5) is 14.8. The summed E-state index contributed by atoms with van der Waals surface area (Å²) in [7, 11) is 0. The summed E-state index contributed by atoms with van der Waals surface area (Å²) in [6, 6.07) is 0. The molecule has 1 aromatic heterocycles. The topological polar surface area (TPSA) is 88.2 Å². The van der Waals surface area contributed by atoms with Crippen LogP contribution in [0.4, 0.5) is 5.13 Å². The highest BCUT2D eigenvalue weighted by molar-refractivity contribution is 7.13. The van der Waals surface area contributed by atoms with Gasteiger partial charge in [0, 0.05) is 11.9 Å². The van der Waals surface area contributed by atoms with Crippen molar-refractivity contribution in [3.05, 3.63) is 11.1 Å². The van der Waals surface area contributed by atoms with E-state index in [1.807, 2.05) is 0 Å². The predicted molar refractivity (Wildman–Crippen MR) is 45.9 cm³/mol. The molecule has 0 saturated carbocycles. The lowest BCUT2D eigenvalue weighted by Crippen LogP contribution is -2.26. The molecule has 1 amide bonds. The Morgan fingerprint density at radius 3 is 3.08 bits per heavy atom. The normalized spacial score (nSPS) is 9.75. The maximum Gasteiger partial charge on any atom is 0.270 e. The van der Waals surface area contributed by atoms with Gasteiger partial charge >= 0.3 is 0 Å². The van der Waals surface area contributed by atoms with Gasteiger partial charge in [-0.05, 0) is 0 Å². The summed E-state index contributed by atoms with van der Waals surface area (Å²) < 4.78 is 0. The fraction of sp³-hybridized carbons (Fsp3) is 0.333. The van der Waals surface area contributed by atoms with Gasteiger partial charge < -0.3 is 16.2 Å². The Kier molecular flexibility index (Phi) is 3.01. The fourth-order valence-corrected chi connectivity index (χ4v) is 1.20. The highest BCUT2D eigenvalue weighted by Crippen LogP contribution is 2.10. The van der Waals surface area contributed by atoms with Crippen LogP contribution in [0.5, 0.6) is 0 Å². The van der Waals surface area contributed by atoms with Crippen LogP contribution in [0.2, 0.25) is 0 Å². The van der Waals surface area contributed by atoms with E-state index >= 15 is 0 Å². The molecule has 0 saturated heterocycles. The van der Waals surface area contributed by atoms with E-state index in [0.29, 0.717) is 10.8 Å². The van der Waals surface area contributed by atoms with Crippen molar-refractivity contribution in [3.8, 4) is 0 Å². The smallest absolute Gasteiger partial charge is 0.270 e. The minimum atomic E-state index is -0.308. The maximum absolute atomic E-state index is 11.1. The summed E-state index contributed by atoms with van der Waals surface area (Å²) in [6.07, 6.45) is 0. The number of nitrogens with two attached hydrogens (primary N) is 1. The van der Waals surface area contributed by atoms with Gasteiger partial charge in [-0.25, -0.2) is 4.98 Å². The first-order chi connectivity index (χ1) is 5.74. The number of nitrogen functional groups attached to an aromatic ring is 1. The van der Waals surface area contributed by atoms with Gasteiger partial charge in [0.05, 0.1) is 6.61 Å². The molecule has 0 bridgehead atoms. The predicted octanol–water partition coefficient (Wildman–Crippen LogP) is -0.553. The van der Waals surface area contributed by atoms with Gasteiger partial charge in [0.2, 0.25) is 0 Å². The average molecular weight is 187 g/mol. The van der Waals surface area contributed by atoms with Crippen LogP contribution in [0.1, 0.15) is 10.5 Å². The van der Waals surface area contributed by atoms with Crippen molar-refractivity contribution in [2.75, 3.05) is 18.9 Å². The number of hydrogen-bond acceptors (Lipinski definition) is 5. The Balaban J connectivity index is 2.53. The minimum Gasteiger partial charge on any atom is -0.395 e. The molecule has 66 valence electrons. The lowest BCUT2D eigenvalue weighted by molar-refractivity contribution is 0.0940. The standard InChI is InChI=1S/C6H9N3O2S/c7-6-9-4(3-12-6)5(11)8-1-2-10/h3,10H,1-2H2,(H2,7,9)(H,8,11).